The number of para-hydroxylation sites is 2. The zero-order chi connectivity index (χ0) is 25.1. The predicted molar refractivity (Wildman–Crippen MR) is 142 cm³/mol. The zero-order valence-electron chi connectivity index (χ0n) is 20.6. The minimum Gasteiger partial charge on any atom is -0.487 e. The normalized spacial score (nSPS) is 14.0. The topological polar surface area (TPSA) is 106 Å². The van der Waals surface area contributed by atoms with E-state index < -0.39 is 5.97 Å². The molecule has 0 radical (unpaired) electrons. The van der Waals surface area contributed by atoms with Crippen molar-refractivity contribution in [1.82, 2.24) is 9.55 Å². The molecular weight excluding hydrogens is 442 g/mol. The standard InChI is InChI=1S/C24H25N5O3.C3H8/c1-14-16(24(30)31)12-28-10-11-32-23-21(15(2)20(25)19(14)22(23)28)26-8-5-9-29-13-27-17-6-3-4-7-18(17)29;1-3-2/h3-4,6-7,12-13,26H,1,5,8-11,25H2,2H3,(H,30,31);3H2,1-2H3. The van der Waals surface area contributed by atoms with Gasteiger partial charge in [-0.05, 0) is 36.6 Å². The number of rotatable bonds is 6. The van der Waals surface area contributed by atoms with Gasteiger partial charge in [-0.25, -0.2) is 9.78 Å². The number of carboxylic acids is 1. The monoisotopic (exact) mass is 475 g/mol. The van der Waals surface area contributed by atoms with Crippen molar-refractivity contribution >= 4 is 39.6 Å². The summed E-state index contributed by atoms with van der Waals surface area (Å²) in [5, 5.41) is 13.1. The van der Waals surface area contributed by atoms with Crippen LogP contribution in [0.2, 0.25) is 0 Å². The van der Waals surface area contributed by atoms with Gasteiger partial charge in [-0.2, -0.15) is 0 Å². The third-order valence-electron chi connectivity index (χ3n) is 6.14. The number of nitrogens with one attached hydrogen (secondary N) is 1. The van der Waals surface area contributed by atoms with Gasteiger partial charge in [0.2, 0.25) is 0 Å². The summed E-state index contributed by atoms with van der Waals surface area (Å²) in [6.07, 6.45) is 5.63. The van der Waals surface area contributed by atoms with Crippen molar-refractivity contribution in [2.75, 3.05) is 35.6 Å². The fourth-order valence-corrected chi connectivity index (χ4v) is 4.48. The largest absolute Gasteiger partial charge is 0.487 e. The number of hydrogen-bond donors (Lipinski definition) is 3. The number of ether oxygens (including phenoxy) is 1. The van der Waals surface area contributed by atoms with Crippen LogP contribution in [-0.2, 0) is 11.3 Å². The molecule has 0 unspecified atom stereocenters. The van der Waals surface area contributed by atoms with E-state index in [2.05, 4.69) is 41.4 Å². The second-order valence-corrected chi connectivity index (χ2v) is 8.75. The number of imidazole rings is 1. The Hall–Kier alpha value is -3.94. The van der Waals surface area contributed by atoms with Crippen LogP contribution in [-0.4, -0.2) is 40.3 Å². The van der Waals surface area contributed by atoms with Gasteiger partial charge in [0, 0.05) is 30.5 Å². The van der Waals surface area contributed by atoms with Crippen LogP contribution >= 0.6 is 0 Å². The Labute approximate surface area is 205 Å². The van der Waals surface area contributed by atoms with Gasteiger partial charge in [0.05, 0.1) is 40.9 Å². The van der Waals surface area contributed by atoms with E-state index in [1.807, 2.05) is 36.4 Å². The smallest absolute Gasteiger partial charge is 0.337 e. The van der Waals surface area contributed by atoms with Crippen LogP contribution in [0.25, 0.3) is 16.6 Å². The molecule has 2 aliphatic rings. The number of anilines is 3. The predicted octanol–water partition coefficient (Wildman–Crippen LogP) is 5.04. The number of hydrogen-bond acceptors (Lipinski definition) is 6. The number of fused-ring (bicyclic) bond motifs is 1. The maximum absolute atomic E-state index is 11.7. The molecule has 0 atom stereocenters. The third-order valence-corrected chi connectivity index (χ3v) is 6.14. The molecule has 0 saturated carbocycles. The number of nitrogens with two attached hydrogens (primary N) is 1. The van der Waals surface area contributed by atoms with Gasteiger partial charge in [-0.3, -0.25) is 0 Å². The van der Waals surface area contributed by atoms with Crippen molar-refractivity contribution in [2.24, 2.45) is 0 Å². The highest BCUT2D eigenvalue weighted by Crippen LogP contribution is 2.52. The molecule has 0 bridgehead atoms. The molecule has 1 aromatic heterocycles. The first-order valence-electron chi connectivity index (χ1n) is 12.0. The summed E-state index contributed by atoms with van der Waals surface area (Å²) in [7, 11) is 0. The number of carboxylic acid groups (broad SMARTS) is 1. The summed E-state index contributed by atoms with van der Waals surface area (Å²) in [4.78, 5) is 18.1. The van der Waals surface area contributed by atoms with Crippen LogP contribution in [0.1, 0.15) is 37.8 Å². The van der Waals surface area contributed by atoms with Gasteiger partial charge in [-0.15, -0.1) is 0 Å². The molecule has 0 spiro atoms. The number of aliphatic carboxylic acids is 1. The lowest BCUT2D eigenvalue weighted by atomic mass is 9.89. The van der Waals surface area contributed by atoms with E-state index in [0.29, 0.717) is 35.7 Å². The summed E-state index contributed by atoms with van der Waals surface area (Å²) in [6.45, 7) is 12.8. The highest BCUT2D eigenvalue weighted by atomic mass is 16.5. The van der Waals surface area contributed by atoms with E-state index in [4.69, 9.17) is 10.5 Å². The number of benzene rings is 2. The molecule has 2 aliphatic heterocycles. The van der Waals surface area contributed by atoms with Crippen molar-refractivity contribution in [2.45, 2.75) is 40.2 Å². The Morgan fingerprint density at radius 3 is 2.80 bits per heavy atom. The fourth-order valence-electron chi connectivity index (χ4n) is 4.48. The lowest BCUT2D eigenvalue weighted by molar-refractivity contribution is -0.132. The SMILES string of the molecule is C=C1C(C(=O)O)=CN2CCOc3c(NCCCn4cnc5ccccc54)c(C)c(N)c1c32.CCC. The van der Waals surface area contributed by atoms with Gasteiger partial charge < -0.3 is 30.4 Å². The van der Waals surface area contributed by atoms with Crippen molar-refractivity contribution < 1.29 is 14.6 Å². The van der Waals surface area contributed by atoms with E-state index in [-0.39, 0.29) is 5.57 Å². The molecule has 0 aliphatic carbocycles. The second kappa shape index (κ2) is 10.1. The van der Waals surface area contributed by atoms with Gasteiger partial charge in [0.15, 0.2) is 5.75 Å². The van der Waals surface area contributed by atoms with Crippen molar-refractivity contribution in [3.05, 3.63) is 60.1 Å². The Kier molecular flexibility index (Phi) is 7.00. The summed E-state index contributed by atoms with van der Waals surface area (Å²) >= 11 is 0. The summed E-state index contributed by atoms with van der Waals surface area (Å²) in [5.41, 5.74) is 12.8. The van der Waals surface area contributed by atoms with Gasteiger partial charge >= 0.3 is 5.97 Å². The van der Waals surface area contributed by atoms with Crippen molar-refractivity contribution in [3.63, 3.8) is 0 Å². The van der Waals surface area contributed by atoms with Crippen molar-refractivity contribution in [3.8, 4) is 5.75 Å². The molecule has 0 fully saturated rings. The zero-order valence-corrected chi connectivity index (χ0v) is 20.6. The number of nitrogens with zero attached hydrogens (tertiary/aromatic N) is 3. The summed E-state index contributed by atoms with van der Waals surface area (Å²) < 4.78 is 8.20. The average Bonchev–Trinajstić information content (AvgIpc) is 3.26. The van der Waals surface area contributed by atoms with E-state index >= 15 is 0 Å². The molecule has 0 saturated heterocycles. The average molecular weight is 476 g/mol. The lowest BCUT2D eigenvalue weighted by Crippen LogP contribution is -2.33. The van der Waals surface area contributed by atoms with Crippen LogP contribution < -0.4 is 20.7 Å². The van der Waals surface area contributed by atoms with Crippen LogP contribution in [0.5, 0.6) is 5.75 Å². The fraction of sp³-hybridized carbons (Fsp3) is 0.333. The first kappa shape index (κ1) is 24.2. The minimum absolute atomic E-state index is 0.157. The molecular formula is C27H33N5O3. The van der Waals surface area contributed by atoms with E-state index in [1.165, 1.54) is 6.42 Å². The molecule has 8 nitrogen and oxygen atoms in total. The van der Waals surface area contributed by atoms with Crippen LogP contribution in [0, 0.1) is 6.92 Å². The van der Waals surface area contributed by atoms with E-state index in [9.17, 15) is 9.90 Å². The van der Waals surface area contributed by atoms with Gasteiger partial charge in [0.25, 0.3) is 0 Å². The molecule has 3 heterocycles. The third kappa shape index (κ3) is 4.43. The van der Waals surface area contributed by atoms with Crippen LogP contribution in [0.4, 0.5) is 17.1 Å². The molecule has 0 amide bonds. The van der Waals surface area contributed by atoms with Gasteiger partial charge in [0.1, 0.15) is 6.61 Å². The Morgan fingerprint density at radius 1 is 1.31 bits per heavy atom. The van der Waals surface area contributed by atoms with E-state index in [0.717, 1.165) is 47.5 Å². The molecule has 5 rings (SSSR count). The Morgan fingerprint density at radius 2 is 2.06 bits per heavy atom. The Balaban J connectivity index is 0.000000917. The highest BCUT2D eigenvalue weighted by molar-refractivity contribution is 6.12. The van der Waals surface area contributed by atoms with Crippen molar-refractivity contribution in [1.29, 1.82) is 0 Å². The molecule has 184 valence electrons. The number of carbonyl (C=O) groups is 1. The highest BCUT2D eigenvalue weighted by Gasteiger charge is 2.34. The summed E-state index contributed by atoms with van der Waals surface area (Å²) in [5.74, 6) is -0.312. The van der Waals surface area contributed by atoms with Crippen LogP contribution in [0.15, 0.2) is 48.9 Å². The number of aryl methyl sites for hydroxylation is 1. The Bertz CT molecular complexity index is 1310. The summed E-state index contributed by atoms with van der Waals surface area (Å²) in [6, 6.07) is 8.09. The molecule has 35 heavy (non-hydrogen) atoms. The van der Waals surface area contributed by atoms with Gasteiger partial charge in [-0.1, -0.05) is 39.0 Å². The maximum atomic E-state index is 11.7. The first-order valence-corrected chi connectivity index (χ1v) is 12.0. The molecule has 2 aromatic carbocycles. The quantitative estimate of drug-likeness (QED) is 0.339. The molecule has 8 heteroatoms. The maximum Gasteiger partial charge on any atom is 0.337 e. The second-order valence-electron chi connectivity index (χ2n) is 8.75. The van der Waals surface area contributed by atoms with Crippen LogP contribution in [0.3, 0.4) is 0 Å². The molecule has 4 N–H and O–H groups in total. The first-order chi connectivity index (χ1) is 16.9. The number of nitrogen functional groups attached to an aromatic ring is 1. The van der Waals surface area contributed by atoms with E-state index in [1.54, 1.807) is 6.20 Å². The lowest BCUT2D eigenvalue weighted by Gasteiger charge is -2.37. The molecule has 3 aromatic rings. The number of aromatic nitrogens is 2. The minimum atomic E-state index is -1.01.